The lowest BCUT2D eigenvalue weighted by atomic mass is 10.2. The Bertz CT molecular complexity index is 1520. The zero-order valence-corrected chi connectivity index (χ0v) is 25.4. The van der Waals surface area contributed by atoms with Gasteiger partial charge in [-0.05, 0) is 61.1 Å². The van der Waals surface area contributed by atoms with Crippen molar-refractivity contribution in [3.63, 3.8) is 0 Å². The molecule has 0 fully saturated rings. The summed E-state index contributed by atoms with van der Waals surface area (Å²) in [5.74, 6) is 1.91. The number of carboxylic acid groups (broad SMARTS) is 1. The summed E-state index contributed by atoms with van der Waals surface area (Å²) in [6.07, 6.45) is 1.71. The van der Waals surface area contributed by atoms with Gasteiger partial charge < -0.3 is 19.9 Å². The molecule has 1 atom stereocenters. The molecule has 43 heavy (non-hydrogen) atoms. The van der Waals surface area contributed by atoms with Gasteiger partial charge in [0, 0.05) is 23.1 Å². The van der Waals surface area contributed by atoms with Crippen LogP contribution in [0.3, 0.4) is 0 Å². The molecule has 1 unspecified atom stereocenters. The molecule has 4 rings (SSSR count). The number of carboxylic acids is 1. The molecule has 4 aromatic rings. The Labute approximate surface area is 264 Å². The summed E-state index contributed by atoms with van der Waals surface area (Å²) in [4.78, 5) is 25.6. The van der Waals surface area contributed by atoms with Gasteiger partial charge in [0.05, 0.1) is 5.56 Å². The summed E-state index contributed by atoms with van der Waals surface area (Å²) in [6.45, 7) is 0. The smallest absolute Gasteiger partial charge is 0.321 e. The lowest BCUT2D eigenvalue weighted by Crippen LogP contribution is -2.36. The molecule has 1 aromatic heterocycles. The largest absolute Gasteiger partial charge is 0.480 e. The fraction of sp³-hybridized carbons (Fsp3) is 0.125. The highest BCUT2D eigenvalue weighted by Gasteiger charge is 2.15. The number of allylic oxidation sites excluding steroid dienone is 1. The number of likely N-dealkylation sites (N-methyl/N-ethyl adjacent to an activating group) is 1. The van der Waals surface area contributed by atoms with Crippen LogP contribution in [-0.2, 0) is 20.1 Å². The molecule has 0 saturated carbocycles. The van der Waals surface area contributed by atoms with Crippen LogP contribution >= 0.6 is 35.0 Å². The third-order valence-corrected chi connectivity index (χ3v) is 7.25. The van der Waals surface area contributed by atoms with Gasteiger partial charge >= 0.3 is 5.97 Å². The molecule has 0 aliphatic rings. The molecule has 0 radical (unpaired) electrons. The molecule has 3 N–H and O–H groups in total. The lowest BCUT2D eigenvalue weighted by molar-refractivity contribution is -0.138. The number of hydrogen-bond acceptors (Lipinski definition) is 8. The van der Waals surface area contributed by atoms with E-state index in [0.717, 1.165) is 11.8 Å². The van der Waals surface area contributed by atoms with Crippen molar-refractivity contribution in [3.05, 3.63) is 130 Å². The Morgan fingerprint density at radius 3 is 2.19 bits per heavy atom. The number of nitrogens with one attached hydrogen (secondary N) is 2. The second kappa shape index (κ2) is 17.7. The van der Waals surface area contributed by atoms with Crippen LogP contribution in [0.2, 0.25) is 10.3 Å². The van der Waals surface area contributed by atoms with Crippen LogP contribution in [-0.4, -0.2) is 47.1 Å². The molecule has 0 spiro atoms. The fourth-order valence-electron chi connectivity index (χ4n) is 3.45. The molecule has 0 aliphatic heterocycles. The van der Waals surface area contributed by atoms with Gasteiger partial charge in [0.15, 0.2) is 0 Å². The number of aliphatic carboxylic acids is 1. The average Bonchev–Trinajstić information content (AvgIpc) is 3.01. The summed E-state index contributed by atoms with van der Waals surface area (Å²) >= 11 is 13.5. The van der Waals surface area contributed by atoms with Crippen molar-refractivity contribution in [2.45, 2.75) is 11.8 Å². The van der Waals surface area contributed by atoms with Crippen molar-refractivity contribution >= 4 is 58.9 Å². The number of para-hydroxylation sites is 1. The van der Waals surface area contributed by atoms with E-state index < -0.39 is 12.0 Å². The number of aromatic nitrogens is 1. The van der Waals surface area contributed by atoms with E-state index in [1.165, 1.54) is 11.6 Å². The van der Waals surface area contributed by atoms with Crippen molar-refractivity contribution in [3.8, 4) is 11.5 Å². The van der Waals surface area contributed by atoms with Crippen LogP contribution in [0.5, 0.6) is 11.5 Å². The van der Waals surface area contributed by atoms with Gasteiger partial charge in [-0.15, -0.1) is 0 Å². The van der Waals surface area contributed by atoms with Crippen LogP contribution in [0, 0.1) is 5.41 Å². The Morgan fingerprint density at radius 2 is 1.60 bits per heavy atom. The molecule has 0 saturated heterocycles. The van der Waals surface area contributed by atoms with E-state index in [9.17, 15) is 9.59 Å². The molecule has 11 heteroatoms. The minimum Gasteiger partial charge on any atom is -0.480 e. The molecule has 1 heterocycles. The Hall–Kier alpha value is -4.15. The van der Waals surface area contributed by atoms with Crippen LogP contribution in [0.4, 0.5) is 0 Å². The third kappa shape index (κ3) is 11.2. The first-order valence-corrected chi connectivity index (χ1v) is 14.8. The first-order valence-electron chi connectivity index (χ1n) is 12.9. The molecular formula is C32H29Cl2N3O5S. The number of nitrogens with zero attached hydrogens (tertiary/aromatic N) is 1. The Balaban J connectivity index is 0.000000285. The van der Waals surface area contributed by atoms with Crippen LogP contribution in [0.25, 0.3) is 5.76 Å². The highest BCUT2D eigenvalue weighted by molar-refractivity contribution is 7.98. The minimum atomic E-state index is -0.793. The van der Waals surface area contributed by atoms with Gasteiger partial charge in [0.25, 0.3) is 0 Å². The van der Waals surface area contributed by atoms with Crippen molar-refractivity contribution < 1.29 is 24.2 Å². The number of carbonyl (C=O) groups excluding carboxylic acids is 1. The SMILES string of the molecule is CNC(CSCc1ccccc1)C(=O)O.N=C(O/C(=C/C=O)c1ccc(Cl)nc1Cl)c1ccc(Oc2ccccc2)cc1. The van der Waals surface area contributed by atoms with Crippen molar-refractivity contribution in [1.82, 2.24) is 10.3 Å². The predicted octanol–water partition coefficient (Wildman–Crippen LogP) is 7.36. The molecule has 222 valence electrons. The van der Waals surface area contributed by atoms with E-state index in [0.29, 0.717) is 34.7 Å². The number of rotatable bonds is 12. The normalized spacial score (nSPS) is 11.5. The number of ether oxygens (including phenoxy) is 2. The topological polar surface area (TPSA) is 122 Å². The van der Waals surface area contributed by atoms with E-state index in [2.05, 4.69) is 10.3 Å². The van der Waals surface area contributed by atoms with Crippen LogP contribution in [0.15, 0.2) is 103 Å². The first kappa shape index (κ1) is 33.4. The summed E-state index contributed by atoms with van der Waals surface area (Å²) < 4.78 is 11.3. The highest BCUT2D eigenvalue weighted by Crippen LogP contribution is 2.27. The molecule has 0 aliphatic carbocycles. The maximum Gasteiger partial charge on any atom is 0.321 e. The number of hydrogen-bond donors (Lipinski definition) is 3. The zero-order chi connectivity index (χ0) is 31.0. The van der Waals surface area contributed by atoms with Crippen molar-refractivity contribution in [2.24, 2.45) is 0 Å². The molecule has 8 nitrogen and oxygen atoms in total. The van der Waals surface area contributed by atoms with Gasteiger partial charge in [0.1, 0.15) is 39.9 Å². The molecule has 0 bridgehead atoms. The predicted molar refractivity (Wildman–Crippen MR) is 172 cm³/mol. The van der Waals surface area contributed by atoms with E-state index >= 15 is 0 Å². The van der Waals surface area contributed by atoms with E-state index in [4.69, 9.17) is 43.2 Å². The molecule has 3 aromatic carbocycles. The summed E-state index contributed by atoms with van der Waals surface area (Å²) in [5.41, 5.74) is 2.07. The van der Waals surface area contributed by atoms with Crippen LogP contribution < -0.4 is 10.1 Å². The van der Waals surface area contributed by atoms with Gasteiger partial charge in [-0.1, -0.05) is 71.7 Å². The molecule has 0 amide bonds. The third-order valence-electron chi connectivity index (χ3n) is 5.65. The second-order valence-electron chi connectivity index (χ2n) is 8.69. The maximum atomic E-state index is 11.0. The van der Waals surface area contributed by atoms with Crippen molar-refractivity contribution in [2.75, 3.05) is 12.8 Å². The zero-order valence-electron chi connectivity index (χ0n) is 23.1. The quantitative estimate of drug-likeness (QED) is 0.0368. The number of halogens is 2. The maximum absolute atomic E-state index is 11.0. The minimum absolute atomic E-state index is 0.0695. The monoisotopic (exact) mass is 637 g/mol. The van der Waals surface area contributed by atoms with Gasteiger partial charge in [0.2, 0.25) is 5.90 Å². The van der Waals surface area contributed by atoms with E-state index in [-0.39, 0.29) is 22.0 Å². The van der Waals surface area contributed by atoms with Crippen molar-refractivity contribution in [1.29, 1.82) is 5.41 Å². The van der Waals surface area contributed by atoms with E-state index in [1.807, 2.05) is 60.7 Å². The second-order valence-corrected chi connectivity index (χ2v) is 10.5. The number of thioether (sulfide) groups is 1. The number of pyridine rings is 1. The standard InChI is InChI=1S/C21H14Cl2N2O3.C11H15NO2S/c22-19-11-10-17(20(23)25-19)18(12-13-26)28-21(24)14-6-8-16(9-7-14)27-15-4-2-1-3-5-15;1-12-10(11(13)14)8-15-7-9-5-3-2-4-6-9/h1-13,24H;2-6,10,12H,7-8H2,1H3,(H,13,14)/b18-12+,24-21?;. The number of carbonyl (C=O) groups is 2. The Morgan fingerprint density at radius 1 is 0.977 bits per heavy atom. The lowest BCUT2D eigenvalue weighted by Gasteiger charge is -2.12. The van der Waals surface area contributed by atoms with Gasteiger partial charge in [-0.2, -0.15) is 11.8 Å². The summed E-state index contributed by atoms with van der Waals surface area (Å²) in [7, 11) is 1.67. The molecular weight excluding hydrogens is 609 g/mol. The van der Waals surface area contributed by atoms with Gasteiger partial charge in [-0.3, -0.25) is 15.0 Å². The van der Waals surface area contributed by atoms with Crippen LogP contribution in [0.1, 0.15) is 16.7 Å². The van der Waals surface area contributed by atoms with E-state index in [1.54, 1.807) is 49.1 Å². The summed E-state index contributed by atoms with van der Waals surface area (Å²) in [6, 6.07) is 28.8. The number of benzene rings is 3. The van der Waals surface area contributed by atoms with Gasteiger partial charge in [-0.25, -0.2) is 4.98 Å². The number of aldehydes is 1. The fourth-order valence-corrected chi connectivity index (χ4v) is 4.98. The first-order chi connectivity index (χ1) is 20.8. The highest BCUT2D eigenvalue weighted by atomic mass is 35.5. The average molecular weight is 639 g/mol. The summed E-state index contributed by atoms with van der Waals surface area (Å²) in [5, 5.41) is 20.0. The Kier molecular flexibility index (Phi) is 13.7.